The van der Waals surface area contributed by atoms with E-state index in [-0.39, 0.29) is 17.9 Å². The molecule has 2 fully saturated rings. The van der Waals surface area contributed by atoms with Crippen molar-refractivity contribution in [3.8, 4) is 0 Å². The highest BCUT2D eigenvalue weighted by Gasteiger charge is 2.39. The van der Waals surface area contributed by atoms with Crippen LogP contribution < -0.4 is 0 Å². The molecule has 0 aromatic heterocycles. The highest BCUT2D eigenvalue weighted by molar-refractivity contribution is 5.83. The molecular weight excluding hydrogens is 262 g/mol. The number of nitrogens with zero attached hydrogens (tertiary/aromatic N) is 3. The predicted octanol–water partition coefficient (Wildman–Crippen LogP) is -0.0770. The number of amides is 3. The van der Waals surface area contributed by atoms with Gasteiger partial charge in [0.1, 0.15) is 0 Å². The highest BCUT2D eigenvalue weighted by Crippen LogP contribution is 2.24. The molecule has 0 aromatic carbocycles. The summed E-state index contributed by atoms with van der Waals surface area (Å²) >= 11 is 0. The molecule has 0 aliphatic carbocycles. The summed E-state index contributed by atoms with van der Waals surface area (Å²) < 4.78 is 0. The lowest BCUT2D eigenvalue weighted by Gasteiger charge is -2.41. The standard InChI is InChI=1S/C13H21N3O4/c1-14(2)13(20)15-5-3-9(4-6-15)11(17)16-7-10(8-16)12(18)19/h9-10H,3-8H2,1-2H3,(H,18,19). The molecule has 0 unspecified atom stereocenters. The quantitative estimate of drug-likeness (QED) is 0.769. The van der Waals surface area contributed by atoms with E-state index >= 15 is 0 Å². The second-order valence-corrected chi connectivity index (χ2v) is 5.72. The highest BCUT2D eigenvalue weighted by atomic mass is 16.4. The normalized spacial score (nSPS) is 20.5. The number of hydrogen-bond donors (Lipinski definition) is 1. The summed E-state index contributed by atoms with van der Waals surface area (Å²) in [6.45, 7) is 1.82. The van der Waals surface area contributed by atoms with E-state index < -0.39 is 11.9 Å². The van der Waals surface area contributed by atoms with Crippen LogP contribution >= 0.6 is 0 Å². The van der Waals surface area contributed by atoms with Crippen molar-refractivity contribution < 1.29 is 19.5 Å². The van der Waals surface area contributed by atoms with Gasteiger partial charge < -0.3 is 19.8 Å². The summed E-state index contributed by atoms with van der Waals surface area (Å²) in [5.41, 5.74) is 0. The largest absolute Gasteiger partial charge is 0.481 e. The lowest BCUT2D eigenvalue weighted by Crippen LogP contribution is -2.56. The van der Waals surface area contributed by atoms with Crippen LogP contribution in [-0.2, 0) is 9.59 Å². The van der Waals surface area contributed by atoms with E-state index in [2.05, 4.69) is 0 Å². The first kappa shape index (κ1) is 14.6. The minimum absolute atomic E-state index is 0.0224. The number of carbonyl (C=O) groups excluding carboxylic acids is 2. The summed E-state index contributed by atoms with van der Waals surface area (Å²) in [7, 11) is 3.43. The monoisotopic (exact) mass is 283 g/mol. The van der Waals surface area contributed by atoms with E-state index in [1.807, 2.05) is 0 Å². The smallest absolute Gasteiger partial charge is 0.319 e. The molecule has 112 valence electrons. The number of carboxylic acids is 1. The molecule has 0 spiro atoms. The fourth-order valence-corrected chi connectivity index (χ4v) is 2.67. The number of aliphatic carboxylic acids is 1. The molecule has 7 heteroatoms. The number of rotatable bonds is 2. The van der Waals surface area contributed by atoms with Gasteiger partial charge in [0, 0.05) is 46.2 Å². The third kappa shape index (κ3) is 2.86. The number of carbonyl (C=O) groups is 3. The Bertz CT molecular complexity index is 410. The predicted molar refractivity (Wildman–Crippen MR) is 71.1 cm³/mol. The Morgan fingerprint density at radius 2 is 1.55 bits per heavy atom. The number of carboxylic acid groups (broad SMARTS) is 1. The van der Waals surface area contributed by atoms with E-state index in [4.69, 9.17) is 5.11 Å². The number of hydrogen-bond acceptors (Lipinski definition) is 3. The molecule has 2 aliphatic rings. The van der Waals surface area contributed by atoms with Crippen molar-refractivity contribution in [2.24, 2.45) is 11.8 Å². The van der Waals surface area contributed by atoms with Crippen molar-refractivity contribution in [3.05, 3.63) is 0 Å². The topological polar surface area (TPSA) is 81.2 Å². The van der Waals surface area contributed by atoms with E-state index in [0.29, 0.717) is 39.0 Å². The van der Waals surface area contributed by atoms with Gasteiger partial charge in [-0.3, -0.25) is 9.59 Å². The van der Waals surface area contributed by atoms with Crippen molar-refractivity contribution in [1.29, 1.82) is 0 Å². The zero-order valence-electron chi connectivity index (χ0n) is 11.9. The van der Waals surface area contributed by atoms with Crippen LogP contribution in [0, 0.1) is 11.8 Å². The molecule has 0 radical (unpaired) electrons. The van der Waals surface area contributed by atoms with Gasteiger partial charge in [0.25, 0.3) is 0 Å². The summed E-state index contributed by atoms with van der Waals surface area (Å²) in [5, 5.41) is 8.80. The molecule has 20 heavy (non-hydrogen) atoms. The maximum absolute atomic E-state index is 12.2. The van der Waals surface area contributed by atoms with Crippen LogP contribution in [0.5, 0.6) is 0 Å². The number of likely N-dealkylation sites (tertiary alicyclic amines) is 2. The van der Waals surface area contributed by atoms with Crippen LogP contribution in [0.2, 0.25) is 0 Å². The van der Waals surface area contributed by atoms with Gasteiger partial charge in [0.15, 0.2) is 0 Å². The third-order valence-electron chi connectivity index (χ3n) is 4.04. The van der Waals surface area contributed by atoms with Gasteiger partial charge >= 0.3 is 12.0 Å². The third-order valence-corrected chi connectivity index (χ3v) is 4.04. The first-order valence-corrected chi connectivity index (χ1v) is 6.88. The average Bonchev–Trinajstić information content (AvgIpc) is 2.35. The Hall–Kier alpha value is -1.79. The molecule has 2 heterocycles. The fraction of sp³-hybridized carbons (Fsp3) is 0.769. The maximum atomic E-state index is 12.2. The first-order valence-electron chi connectivity index (χ1n) is 6.88. The summed E-state index contributed by atoms with van der Waals surface area (Å²) in [6.07, 6.45) is 1.32. The Morgan fingerprint density at radius 3 is 2.00 bits per heavy atom. The minimum Gasteiger partial charge on any atom is -0.481 e. The number of urea groups is 1. The zero-order chi connectivity index (χ0) is 14.9. The Labute approximate surface area is 118 Å². The molecule has 2 rings (SSSR count). The van der Waals surface area contributed by atoms with Crippen LogP contribution in [0.15, 0.2) is 0 Å². The first-order chi connectivity index (χ1) is 9.40. The Balaban J connectivity index is 1.78. The van der Waals surface area contributed by atoms with E-state index in [0.717, 1.165) is 0 Å². The van der Waals surface area contributed by atoms with Crippen molar-refractivity contribution >= 4 is 17.9 Å². The fourth-order valence-electron chi connectivity index (χ4n) is 2.67. The van der Waals surface area contributed by atoms with Gasteiger partial charge in [-0.2, -0.15) is 0 Å². The van der Waals surface area contributed by atoms with Crippen LogP contribution in [0.4, 0.5) is 4.79 Å². The molecule has 2 aliphatic heterocycles. The SMILES string of the molecule is CN(C)C(=O)N1CCC(C(=O)N2CC(C(=O)O)C2)CC1. The van der Waals surface area contributed by atoms with Gasteiger partial charge in [-0.05, 0) is 12.8 Å². The molecule has 0 atom stereocenters. The second kappa shape index (κ2) is 5.68. The molecule has 0 saturated carbocycles. The lowest BCUT2D eigenvalue weighted by atomic mass is 9.91. The van der Waals surface area contributed by atoms with Gasteiger partial charge in [-0.15, -0.1) is 0 Å². The molecule has 1 N–H and O–H groups in total. The van der Waals surface area contributed by atoms with Crippen LogP contribution in [0.1, 0.15) is 12.8 Å². The molecule has 3 amide bonds. The van der Waals surface area contributed by atoms with Crippen molar-refractivity contribution in [2.45, 2.75) is 12.8 Å². The lowest BCUT2D eigenvalue weighted by molar-refractivity contribution is -0.155. The number of piperidine rings is 1. The van der Waals surface area contributed by atoms with Crippen LogP contribution in [0.3, 0.4) is 0 Å². The average molecular weight is 283 g/mol. The van der Waals surface area contributed by atoms with Gasteiger partial charge in [0.05, 0.1) is 5.92 Å². The Kier molecular flexibility index (Phi) is 4.15. The van der Waals surface area contributed by atoms with E-state index in [1.54, 1.807) is 23.9 Å². The summed E-state index contributed by atoms with van der Waals surface area (Å²) in [4.78, 5) is 39.6. The molecule has 2 saturated heterocycles. The van der Waals surface area contributed by atoms with Crippen LogP contribution in [-0.4, -0.2) is 78.0 Å². The van der Waals surface area contributed by atoms with Gasteiger partial charge in [0.2, 0.25) is 5.91 Å². The van der Waals surface area contributed by atoms with Crippen molar-refractivity contribution in [1.82, 2.24) is 14.7 Å². The summed E-state index contributed by atoms with van der Waals surface area (Å²) in [5.74, 6) is -1.27. The van der Waals surface area contributed by atoms with Crippen molar-refractivity contribution in [3.63, 3.8) is 0 Å². The molecular formula is C13H21N3O4. The summed E-state index contributed by atoms with van der Waals surface area (Å²) in [6, 6.07) is -0.0224. The molecule has 7 nitrogen and oxygen atoms in total. The molecule has 0 bridgehead atoms. The maximum Gasteiger partial charge on any atom is 0.319 e. The minimum atomic E-state index is -0.833. The van der Waals surface area contributed by atoms with E-state index in [9.17, 15) is 14.4 Å². The molecule has 0 aromatic rings. The van der Waals surface area contributed by atoms with Crippen LogP contribution in [0.25, 0.3) is 0 Å². The van der Waals surface area contributed by atoms with Crippen molar-refractivity contribution in [2.75, 3.05) is 40.3 Å². The van der Waals surface area contributed by atoms with Gasteiger partial charge in [-0.1, -0.05) is 0 Å². The Morgan fingerprint density at radius 1 is 1.00 bits per heavy atom. The zero-order valence-corrected chi connectivity index (χ0v) is 11.9. The van der Waals surface area contributed by atoms with Gasteiger partial charge in [-0.25, -0.2) is 4.79 Å². The second-order valence-electron chi connectivity index (χ2n) is 5.72. The van der Waals surface area contributed by atoms with E-state index in [1.165, 1.54) is 4.90 Å².